The third-order valence-corrected chi connectivity index (χ3v) is 2.89. The summed E-state index contributed by atoms with van der Waals surface area (Å²) >= 11 is 0. The van der Waals surface area contributed by atoms with Gasteiger partial charge in [0.15, 0.2) is 11.6 Å². The maximum absolute atomic E-state index is 13.4. The molecule has 0 atom stereocenters. The van der Waals surface area contributed by atoms with Gasteiger partial charge in [0.05, 0.1) is 0 Å². The number of nitrogens with zero attached hydrogens (tertiary/aromatic N) is 1. The number of aliphatic carboxylic acids is 1. The number of carboxylic acids is 1. The summed E-state index contributed by atoms with van der Waals surface area (Å²) in [5.41, 5.74) is 0.109. The first-order valence-electron chi connectivity index (χ1n) is 6.27. The van der Waals surface area contributed by atoms with Crippen LogP contribution in [0.25, 0.3) is 0 Å². The minimum atomic E-state index is -1.11. The van der Waals surface area contributed by atoms with Crippen LogP contribution in [0, 0.1) is 11.6 Å². The second-order valence-electron chi connectivity index (χ2n) is 4.72. The number of hydrogen-bond donors (Lipinski definition) is 1. The Hall–Kier alpha value is -1.98. The number of carbonyl (C=O) groups excluding carboxylic acids is 1. The molecule has 1 amide bonds. The fraction of sp³-hybridized carbons (Fsp3) is 0.429. The predicted molar refractivity (Wildman–Crippen MR) is 69.2 cm³/mol. The summed E-state index contributed by atoms with van der Waals surface area (Å²) in [5, 5.41) is 8.74. The van der Waals surface area contributed by atoms with Crippen molar-refractivity contribution in [2.24, 2.45) is 0 Å². The van der Waals surface area contributed by atoms with Crippen LogP contribution in [0.4, 0.5) is 8.78 Å². The number of aryl methyl sites for hydroxylation is 1. The number of hydrogen-bond acceptors (Lipinski definition) is 2. The summed E-state index contributed by atoms with van der Waals surface area (Å²) in [4.78, 5) is 23.8. The van der Waals surface area contributed by atoms with Crippen molar-refractivity contribution in [2.45, 2.75) is 32.7 Å². The Morgan fingerprint density at radius 1 is 1.30 bits per heavy atom. The second kappa shape index (κ2) is 6.98. The fourth-order valence-corrected chi connectivity index (χ4v) is 1.83. The first-order valence-corrected chi connectivity index (χ1v) is 6.27. The smallest absolute Gasteiger partial charge is 0.323 e. The van der Waals surface area contributed by atoms with E-state index in [2.05, 4.69) is 0 Å². The molecule has 1 aromatic rings. The van der Waals surface area contributed by atoms with Gasteiger partial charge in [-0.25, -0.2) is 8.78 Å². The van der Waals surface area contributed by atoms with Gasteiger partial charge in [-0.15, -0.1) is 0 Å². The van der Waals surface area contributed by atoms with E-state index in [0.717, 1.165) is 6.07 Å². The monoisotopic (exact) mass is 285 g/mol. The highest BCUT2D eigenvalue weighted by atomic mass is 19.2. The molecule has 6 heteroatoms. The van der Waals surface area contributed by atoms with E-state index >= 15 is 0 Å². The molecule has 1 rings (SSSR count). The first kappa shape index (κ1) is 16.1. The summed E-state index contributed by atoms with van der Waals surface area (Å²) in [6, 6.07) is 3.51. The van der Waals surface area contributed by atoms with Gasteiger partial charge in [0.25, 0.3) is 0 Å². The number of carbonyl (C=O) groups is 2. The van der Waals surface area contributed by atoms with E-state index < -0.39 is 30.1 Å². The predicted octanol–water partition coefficient (Wildman–Crippen LogP) is 2.22. The van der Waals surface area contributed by atoms with E-state index in [1.54, 1.807) is 13.8 Å². The van der Waals surface area contributed by atoms with Gasteiger partial charge >= 0.3 is 5.97 Å². The van der Waals surface area contributed by atoms with Crippen molar-refractivity contribution >= 4 is 11.9 Å². The van der Waals surface area contributed by atoms with Crippen molar-refractivity contribution in [1.29, 1.82) is 0 Å². The van der Waals surface area contributed by atoms with Crippen LogP contribution < -0.4 is 0 Å². The molecule has 0 aliphatic rings. The SMILES string of the molecule is CC(C)N(CC(=O)O)C(=O)CCc1cccc(F)c1F. The Balaban J connectivity index is 2.70. The van der Waals surface area contributed by atoms with Gasteiger partial charge in [-0.2, -0.15) is 0 Å². The fourth-order valence-electron chi connectivity index (χ4n) is 1.83. The largest absolute Gasteiger partial charge is 0.480 e. The highest BCUT2D eigenvalue weighted by Crippen LogP contribution is 2.14. The van der Waals surface area contributed by atoms with Crippen LogP contribution in [0.15, 0.2) is 18.2 Å². The molecule has 0 aromatic heterocycles. The lowest BCUT2D eigenvalue weighted by atomic mass is 10.1. The van der Waals surface area contributed by atoms with Gasteiger partial charge in [-0.1, -0.05) is 12.1 Å². The number of halogens is 2. The third kappa shape index (κ3) is 4.29. The van der Waals surface area contributed by atoms with Crippen molar-refractivity contribution in [2.75, 3.05) is 6.54 Å². The molecule has 0 saturated carbocycles. The van der Waals surface area contributed by atoms with Crippen LogP contribution in [-0.4, -0.2) is 34.5 Å². The molecule has 0 saturated heterocycles. The highest BCUT2D eigenvalue weighted by molar-refractivity contribution is 5.81. The molecule has 0 radical (unpaired) electrons. The van der Waals surface area contributed by atoms with E-state index in [9.17, 15) is 18.4 Å². The van der Waals surface area contributed by atoms with E-state index in [-0.39, 0.29) is 24.4 Å². The normalized spacial score (nSPS) is 10.7. The number of carboxylic acid groups (broad SMARTS) is 1. The quantitative estimate of drug-likeness (QED) is 0.872. The summed E-state index contributed by atoms with van der Waals surface area (Å²) in [7, 11) is 0. The average Bonchev–Trinajstić information content (AvgIpc) is 2.37. The van der Waals surface area contributed by atoms with Gasteiger partial charge in [0, 0.05) is 12.5 Å². The molecule has 110 valence electrons. The molecule has 20 heavy (non-hydrogen) atoms. The standard InChI is InChI=1S/C14H17F2NO3/c1-9(2)17(8-13(19)20)12(18)7-6-10-4-3-5-11(15)14(10)16/h3-5,9H,6-8H2,1-2H3,(H,19,20). The van der Waals surface area contributed by atoms with E-state index in [0.29, 0.717) is 0 Å². The van der Waals surface area contributed by atoms with E-state index in [1.165, 1.54) is 17.0 Å². The minimum absolute atomic E-state index is 0.0330. The molecule has 0 aliphatic heterocycles. The van der Waals surface area contributed by atoms with E-state index in [4.69, 9.17) is 5.11 Å². The maximum Gasteiger partial charge on any atom is 0.323 e. The van der Waals surface area contributed by atoms with Crippen molar-refractivity contribution in [3.8, 4) is 0 Å². The molecule has 0 fully saturated rings. The van der Waals surface area contributed by atoms with Crippen LogP contribution in [0.2, 0.25) is 0 Å². The molecule has 0 unspecified atom stereocenters. The second-order valence-corrected chi connectivity index (χ2v) is 4.72. The molecule has 0 bridgehead atoms. The van der Waals surface area contributed by atoms with Gasteiger partial charge in [-0.05, 0) is 31.9 Å². The van der Waals surface area contributed by atoms with Gasteiger partial charge in [-0.3, -0.25) is 9.59 Å². The van der Waals surface area contributed by atoms with Crippen molar-refractivity contribution in [1.82, 2.24) is 4.90 Å². The zero-order valence-corrected chi connectivity index (χ0v) is 11.4. The van der Waals surface area contributed by atoms with Crippen LogP contribution in [0.1, 0.15) is 25.8 Å². The minimum Gasteiger partial charge on any atom is -0.480 e. The van der Waals surface area contributed by atoms with Gasteiger partial charge in [0.1, 0.15) is 6.54 Å². The molecule has 0 aliphatic carbocycles. The Bertz CT molecular complexity index is 503. The Morgan fingerprint density at radius 3 is 2.50 bits per heavy atom. The molecule has 0 heterocycles. The van der Waals surface area contributed by atoms with Crippen LogP contribution in [-0.2, 0) is 16.0 Å². The molecular weight excluding hydrogens is 268 g/mol. The Morgan fingerprint density at radius 2 is 1.95 bits per heavy atom. The van der Waals surface area contributed by atoms with Gasteiger partial charge < -0.3 is 10.0 Å². The molecule has 1 aromatic carbocycles. The summed E-state index contributed by atoms with van der Waals surface area (Å²) in [6.45, 7) is 3.00. The van der Waals surface area contributed by atoms with Crippen molar-refractivity contribution < 1.29 is 23.5 Å². The molecule has 1 N–H and O–H groups in total. The topological polar surface area (TPSA) is 57.6 Å². The molecule has 0 spiro atoms. The van der Waals surface area contributed by atoms with Crippen molar-refractivity contribution in [3.05, 3.63) is 35.4 Å². The lowest BCUT2D eigenvalue weighted by Crippen LogP contribution is -2.40. The average molecular weight is 285 g/mol. The number of benzene rings is 1. The number of amides is 1. The zero-order chi connectivity index (χ0) is 15.3. The Labute approximate surface area is 116 Å². The first-order chi connectivity index (χ1) is 9.32. The van der Waals surface area contributed by atoms with E-state index in [1.807, 2.05) is 0 Å². The lowest BCUT2D eigenvalue weighted by molar-refractivity contribution is -0.145. The highest BCUT2D eigenvalue weighted by Gasteiger charge is 2.20. The lowest BCUT2D eigenvalue weighted by Gasteiger charge is -2.24. The summed E-state index contributed by atoms with van der Waals surface area (Å²) in [5.74, 6) is -3.43. The Kier molecular flexibility index (Phi) is 5.61. The van der Waals surface area contributed by atoms with Crippen LogP contribution in [0.5, 0.6) is 0 Å². The number of rotatable bonds is 6. The van der Waals surface area contributed by atoms with Crippen molar-refractivity contribution in [3.63, 3.8) is 0 Å². The van der Waals surface area contributed by atoms with Crippen LogP contribution >= 0.6 is 0 Å². The molecule has 4 nitrogen and oxygen atoms in total. The molecular formula is C14H17F2NO3. The van der Waals surface area contributed by atoms with Crippen LogP contribution in [0.3, 0.4) is 0 Å². The van der Waals surface area contributed by atoms with Gasteiger partial charge in [0.2, 0.25) is 5.91 Å². The zero-order valence-electron chi connectivity index (χ0n) is 11.4. The maximum atomic E-state index is 13.4. The summed E-state index contributed by atoms with van der Waals surface area (Å²) < 4.78 is 26.4. The third-order valence-electron chi connectivity index (χ3n) is 2.89. The summed E-state index contributed by atoms with van der Waals surface area (Å²) in [6.07, 6.45) is -0.0307.